The number of esters is 1. The highest BCUT2D eigenvalue weighted by Crippen LogP contribution is 2.41. The average molecular weight is 696 g/mol. The maximum absolute atomic E-state index is 13.4. The number of aryl methyl sites for hydroxylation is 1. The molecule has 2 aromatic rings. The van der Waals surface area contributed by atoms with Crippen LogP contribution in [0.1, 0.15) is 51.3 Å². The van der Waals surface area contributed by atoms with Gasteiger partial charge in [-0.3, -0.25) is 14.5 Å². The molecule has 0 bridgehead atoms. The van der Waals surface area contributed by atoms with E-state index in [1.807, 2.05) is 0 Å². The van der Waals surface area contributed by atoms with Crippen LogP contribution in [0.15, 0.2) is 21.6 Å². The first kappa shape index (κ1) is 33.5. The summed E-state index contributed by atoms with van der Waals surface area (Å²) in [4.78, 5) is 62.0. The molecule has 2 amide bonds. The molecule has 248 valence electrons. The number of aliphatic carboxylic acids is 1. The molecule has 2 aliphatic heterocycles. The number of amides is 2. The summed E-state index contributed by atoms with van der Waals surface area (Å²) in [6.07, 6.45) is 3.94. The molecular formula is C25H33N11O7S3. The van der Waals surface area contributed by atoms with E-state index in [9.17, 15) is 24.3 Å². The van der Waals surface area contributed by atoms with Crippen molar-refractivity contribution in [3.63, 3.8) is 0 Å². The molecule has 2 unspecified atom stereocenters. The molecule has 2 fully saturated rings. The summed E-state index contributed by atoms with van der Waals surface area (Å²) in [6, 6.07) is -1.07. The molecule has 21 heteroatoms. The molecule has 2 aromatic heterocycles. The number of hydrogen-bond acceptors (Lipinski definition) is 17. The predicted molar refractivity (Wildman–Crippen MR) is 166 cm³/mol. The third-order valence-electron chi connectivity index (χ3n) is 7.32. The quantitative estimate of drug-likeness (QED) is 0.0665. The summed E-state index contributed by atoms with van der Waals surface area (Å²) < 4.78 is 11.1. The summed E-state index contributed by atoms with van der Waals surface area (Å²) in [5, 5.41) is 28.0. The Labute approximate surface area is 275 Å². The van der Waals surface area contributed by atoms with Gasteiger partial charge in [0.2, 0.25) is 22.8 Å². The van der Waals surface area contributed by atoms with Crippen molar-refractivity contribution >= 4 is 69.7 Å². The molecule has 3 aliphatic rings. The highest BCUT2D eigenvalue weighted by molar-refractivity contribution is 8.01. The number of carbonyl (C=O) groups is 4. The molecule has 1 saturated heterocycles. The van der Waals surface area contributed by atoms with Gasteiger partial charge in [-0.1, -0.05) is 23.3 Å². The lowest BCUT2D eigenvalue weighted by molar-refractivity contribution is -0.163. The average Bonchev–Trinajstić information content (AvgIpc) is 3.69. The molecule has 0 radical (unpaired) electrons. The molecule has 3 atom stereocenters. The van der Waals surface area contributed by atoms with Crippen LogP contribution in [0.3, 0.4) is 0 Å². The van der Waals surface area contributed by atoms with Crippen LogP contribution in [0.4, 0.5) is 5.13 Å². The van der Waals surface area contributed by atoms with E-state index in [1.165, 1.54) is 30.4 Å². The van der Waals surface area contributed by atoms with Crippen molar-refractivity contribution in [2.75, 3.05) is 23.8 Å². The van der Waals surface area contributed by atoms with Crippen LogP contribution >= 0.6 is 35.1 Å². The van der Waals surface area contributed by atoms with Gasteiger partial charge < -0.3 is 31.5 Å². The van der Waals surface area contributed by atoms with E-state index in [2.05, 4.69) is 35.4 Å². The predicted octanol–water partition coefficient (Wildman–Crippen LogP) is -0.0284. The number of nitrogens with one attached hydrogen (secondary N) is 1. The second kappa shape index (κ2) is 15.2. The van der Waals surface area contributed by atoms with Gasteiger partial charge in [-0.2, -0.15) is 9.36 Å². The van der Waals surface area contributed by atoms with E-state index in [-0.39, 0.29) is 34.3 Å². The van der Waals surface area contributed by atoms with Crippen LogP contribution in [0.2, 0.25) is 0 Å². The summed E-state index contributed by atoms with van der Waals surface area (Å²) in [5.41, 5.74) is 11.2. The second-order valence-electron chi connectivity index (χ2n) is 10.6. The maximum atomic E-state index is 13.4. The number of nitrogen functional groups attached to an aromatic ring is 1. The van der Waals surface area contributed by atoms with E-state index in [0.29, 0.717) is 30.2 Å². The van der Waals surface area contributed by atoms with Crippen LogP contribution in [-0.4, -0.2) is 111 Å². The van der Waals surface area contributed by atoms with Gasteiger partial charge in [-0.25, -0.2) is 14.3 Å². The van der Waals surface area contributed by atoms with Crippen LogP contribution < -0.4 is 16.8 Å². The Hall–Kier alpha value is -3.82. The van der Waals surface area contributed by atoms with Crippen molar-refractivity contribution in [3.05, 3.63) is 17.1 Å². The van der Waals surface area contributed by atoms with E-state index < -0.39 is 47.0 Å². The second-order valence-corrected chi connectivity index (χ2v) is 13.4. The smallest absolute Gasteiger partial charge is 0.352 e. The van der Waals surface area contributed by atoms with Crippen molar-refractivity contribution in [3.8, 4) is 0 Å². The lowest BCUT2D eigenvalue weighted by Gasteiger charge is -2.49. The maximum Gasteiger partial charge on any atom is 0.352 e. The first-order valence-electron chi connectivity index (χ1n) is 14.5. The Bertz CT molecular complexity index is 1520. The Morgan fingerprint density at radius 1 is 1.26 bits per heavy atom. The largest absolute Gasteiger partial charge is 0.477 e. The minimum atomic E-state index is -1.27. The minimum absolute atomic E-state index is 0.0593. The van der Waals surface area contributed by atoms with Gasteiger partial charge >= 0.3 is 11.9 Å². The standard InChI is InChI=1S/C25H33N11O7S3/c1-12(23(41)42-14-6-3-2-4-7-14)43-31-15(18-29-24(27)46-32-18)19(37)28-16-20(38)36-17(22(39)40)13(10-44-21(16)36)11-45-25-30-33-34-35(25)9-5-8-26/h12,14,16,21H,2-11,26H2,1H3,(H,28,37)(H,39,40)(H2,27,29,32)/t12?,16?,21-/m0/s1. The first-order chi connectivity index (χ1) is 22.2. The number of aromatic nitrogens is 6. The lowest BCUT2D eigenvalue weighted by atomic mass is 9.98. The van der Waals surface area contributed by atoms with Gasteiger partial charge in [-0.15, -0.1) is 16.9 Å². The zero-order valence-electron chi connectivity index (χ0n) is 24.7. The number of tetrazole rings is 1. The zero-order valence-corrected chi connectivity index (χ0v) is 27.2. The third kappa shape index (κ3) is 7.58. The van der Waals surface area contributed by atoms with Gasteiger partial charge in [0.15, 0.2) is 5.13 Å². The number of thioether (sulfide) groups is 2. The number of nitrogens with zero attached hydrogens (tertiary/aromatic N) is 8. The van der Waals surface area contributed by atoms with E-state index in [4.69, 9.17) is 21.0 Å². The van der Waals surface area contributed by atoms with Crippen molar-refractivity contribution < 1.29 is 33.9 Å². The molecule has 5 rings (SSSR count). The van der Waals surface area contributed by atoms with Crippen molar-refractivity contribution in [2.45, 2.75) is 80.8 Å². The topological polar surface area (TPSA) is 256 Å². The van der Waals surface area contributed by atoms with Gasteiger partial charge in [-0.05, 0) is 61.6 Å². The number of carbonyl (C=O) groups excluding carboxylic acids is 3. The molecule has 0 aromatic carbocycles. The summed E-state index contributed by atoms with van der Waals surface area (Å²) in [6.45, 7) is 2.42. The monoisotopic (exact) mass is 695 g/mol. The number of oxime groups is 1. The van der Waals surface area contributed by atoms with Crippen LogP contribution in [0.5, 0.6) is 0 Å². The van der Waals surface area contributed by atoms with Crippen LogP contribution in [0, 0.1) is 0 Å². The van der Waals surface area contributed by atoms with Crippen molar-refractivity contribution in [2.24, 2.45) is 10.9 Å². The Morgan fingerprint density at radius 3 is 2.74 bits per heavy atom. The minimum Gasteiger partial charge on any atom is -0.477 e. The summed E-state index contributed by atoms with van der Waals surface area (Å²) in [5.74, 6) is -3.02. The van der Waals surface area contributed by atoms with Crippen molar-refractivity contribution in [1.29, 1.82) is 0 Å². The Morgan fingerprint density at radius 2 is 2.04 bits per heavy atom. The van der Waals surface area contributed by atoms with E-state index in [0.717, 1.165) is 48.5 Å². The van der Waals surface area contributed by atoms with Crippen LogP contribution in [-0.2, 0) is 35.3 Å². The number of anilines is 1. The first-order valence-corrected chi connectivity index (χ1v) is 17.3. The number of carboxylic acids is 1. The molecular weight excluding hydrogens is 663 g/mol. The number of rotatable bonds is 14. The van der Waals surface area contributed by atoms with Gasteiger partial charge in [0.05, 0.1) is 0 Å². The SMILES string of the molecule is CC(ON=C(C(=O)NC1C(=O)N2C(C(=O)O)=C(CSc3nnnn3CCCN)CS[C@@H]12)c1nsc(N)n1)C(=O)OC1CCCCC1. The Kier molecular flexibility index (Phi) is 11.1. The summed E-state index contributed by atoms with van der Waals surface area (Å²) in [7, 11) is 0. The molecule has 6 N–H and O–H groups in total. The number of nitrogens with two attached hydrogens (primary N) is 2. The van der Waals surface area contributed by atoms with Crippen LogP contribution in [0.25, 0.3) is 0 Å². The normalized spacial score (nSPS) is 21.0. The number of hydrogen-bond donors (Lipinski definition) is 4. The van der Waals surface area contributed by atoms with Gasteiger partial charge in [0.25, 0.3) is 11.8 Å². The molecule has 1 aliphatic carbocycles. The van der Waals surface area contributed by atoms with E-state index in [1.54, 1.807) is 4.68 Å². The number of fused-ring (bicyclic) bond motifs is 1. The molecule has 18 nitrogen and oxygen atoms in total. The highest BCUT2D eigenvalue weighted by atomic mass is 32.2. The fourth-order valence-corrected chi connectivity index (χ4v) is 7.79. The summed E-state index contributed by atoms with van der Waals surface area (Å²) >= 11 is 3.37. The lowest BCUT2D eigenvalue weighted by Crippen LogP contribution is -2.71. The van der Waals surface area contributed by atoms with Crippen molar-refractivity contribution in [1.82, 2.24) is 39.8 Å². The third-order valence-corrected chi connectivity index (χ3v) is 10.2. The molecule has 4 heterocycles. The van der Waals surface area contributed by atoms with E-state index >= 15 is 0 Å². The number of β-lactam (4-membered cyclic amide) rings is 1. The number of carboxylic acid groups (broad SMARTS) is 1. The zero-order chi connectivity index (χ0) is 32.8. The fourth-order valence-electron chi connectivity index (χ4n) is 4.97. The number of ether oxygens (including phenoxy) is 1. The van der Waals surface area contributed by atoms with Gasteiger partial charge in [0, 0.05) is 29.6 Å². The molecule has 0 spiro atoms. The molecule has 1 saturated carbocycles. The fraction of sp³-hybridized carbons (Fsp3) is 0.600. The van der Waals surface area contributed by atoms with Gasteiger partial charge in [0.1, 0.15) is 23.2 Å². The molecule has 46 heavy (non-hydrogen) atoms. The Balaban J connectivity index is 1.25. The highest BCUT2D eigenvalue weighted by Gasteiger charge is 2.54.